The molecule has 0 N–H and O–H groups in total. The lowest BCUT2D eigenvalue weighted by Crippen LogP contribution is -2.41. The van der Waals surface area contributed by atoms with E-state index in [1.165, 1.54) is 41.8 Å². The van der Waals surface area contributed by atoms with Crippen LogP contribution in [0.15, 0.2) is 58.9 Å². The number of nitro benzene ring substituents is 1. The predicted octanol–water partition coefficient (Wildman–Crippen LogP) is 5.82. The minimum atomic E-state index is -4.86. The number of alkyl halides is 3. The molecular weight excluding hydrogens is 433 g/mol. The number of thiophene rings is 1. The third kappa shape index (κ3) is 6.00. The van der Waals surface area contributed by atoms with Gasteiger partial charge in [-0.15, -0.1) is 11.3 Å². The van der Waals surface area contributed by atoms with Crippen LogP contribution < -0.4 is 0 Å². The zero-order chi connectivity index (χ0) is 23.4. The van der Waals surface area contributed by atoms with Crippen molar-refractivity contribution in [3.8, 4) is 0 Å². The summed E-state index contributed by atoms with van der Waals surface area (Å²) < 4.78 is 48.3. The first-order valence-corrected chi connectivity index (χ1v) is 9.95. The number of nitrogens with zero attached hydrogens (tertiary/aromatic N) is 2. The Morgan fingerprint density at radius 1 is 1.23 bits per heavy atom. The number of carbonyl (C=O) groups is 1. The molecule has 0 unspecified atom stereocenters. The van der Waals surface area contributed by atoms with E-state index in [1.807, 2.05) is 0 Å². The summed E-state index contributed by atoms with van der Waals surface area (Å²) in [6.07, 6.45) is -4.71. The van der Waals surface area contributed by atoms with Gasteiger partial charge in [-0.1, -0.05) is 12.6 Å². The van der Waals surface area contributed by atoms with Crippen LogP contribution in [-0.2, 0) is 15.1 Å². The summed E-state index contributed by atoms with van der Waals surface area (Å²) in [4.78, 5) is 26.2. The molecule has 1 heterocycles. The molecule has 0 aliphatic heterocycles. The molecule has 0 aliphatic rings. The van der Waals surface area contributed by atoms with Gasteiger partial charge in [-0.3, -0.25) is 15.1 Å². The summed E-state index contributed by atoms with van der Waals surface area (Å²) in [7, 11) is 0. The topological polar surface area (TPSA) is 81.8 Å². The maximum atomic E-state index is 14.4. The molecule has 0 radical (unpaired) electrons. The van der Waals surface area contributed by atoms with E-state index in [9.17, 15) is 28.1 Å². The summed E-state index contributed by atoms with van der Waals surface area (Å²) in [5, 5.41) is 12.3. The smallest absolute Gasteiger partial charge is 0.418 e. The molecule has 1 aromatic heterocycles. The number of carbonyl (C=O) groups excluding carboxylic acids is 1. The molecule has 0 aliphatic carbocycles. The quantitative estimate of drug-likeness (QED) is 0.174. The van der Waals surface area contributed by atoms with Gasteiger partial charge < -0.3 is 4.74 Å². The molecule has 0 amide bonds. The van der Waals surface area contributed by atoms with Gasteiger partial charge in [0.05, 0.1) is 4.92 Å². The van der Waals surface area contributed by atoms with E-state index in [0.29, 0.717) is 0 Å². The minimum Gasteiger partial charge on any atom is -0.457 e. The average Bonchev–Trinajstić information content (AvgIpc) is 3.17. The van der Waals surface area contributed by atoms with Gasteiger partial charge in [0, 0.05) is 35.2 Å². The van der Waals surface area contributed by atoms with Crippen LogP contribution in [0, 0.1) is 10.1 Å². The van der Waals surface area contributed by atoms with E-state index in [2.05, 4.69) is 11.6 Å². The Bertz CT molecular complexity index is 978. The van der Waals surface area contributed by atoms with Crippen LogP contribution in [0.4, 0.5) is 18.9 Å². The van der Waals surface area contributed by atoms with Crippen molar-refractivity contribution in [1.82, 2.24) is 0 Å². The molecule has 0 spiro atoms. The molecule has 0 saturated heterocycles. The highest BCUT2D eigenvalue weighted by Gasteiger charge is 2.57. The number of aliphatic imine (C=N–C) groups is 1. The summed E-state index contributed by atoms with van der Waals surface area (Å²) in [5.74, 6) is -0.941. The van der Waals surface area contributed by atoms with Gasteiger partial charge >= 0.3 is 12.1 Å². The molecule has 1 aromatic carbocycles. The highest BCUT2D eigenvalue weighted by atomic mass is 32.1. The van der Waals surface area contributed by atoms with Gasteiger partial charge in [-0.05, 0) is 49.9 Å². The lowest BCUT2D eigenvalue weighted by Gasteiger charge is -2.32. The number of halogens is 3. The van der Waals surface area contributed by atoms with Crippen LogP contribution in [0.3, 0.4) is 0 Å². The lowest BCUT2D eigenvalue weighted by molar-refractivity contribution is -0.384. The van der Waals surface area contributed by atoms with Crippen LogP contribution >= 0.6 is 11.3 Å². The van der Waals surface area contributed by atoms with Crippen LogP contribution in [0.25, 0.3) is 0 Å². The molecular formula is C21H21F3N2O4S. The van der Waals surface area contributed by atoms with Gasteiger partial charge in [0.15, 0.2) is 5.54 Å². The third-order valence-electron chi connectivity index (χ3n) is 4.09. The van der Waals surface area contributed by atoms with E-state index in [1.54, 1.807) is 20.8 Å². The first-order chi connectivity index (χ1) is 14.2. The molecule has 0 fully saturated rings. The highest BCUT2D eigenvalue weighted by molar-refractivity contribution is 7.10. The SMILES string of the molecule is C=C(C[C@](N=Cc1ccc([N+](=O)[O-])cc1)(c1cccs1)C(F)(F)F)C(=O)OC(C)(C)C. The van der Waals surface area contributed by atoms with Crippen LogP contribution in [0.1, 0.15) is 37.6 Å². The minimum absolute atomic E-state index is 0.122. The van der Waals surface area contributed by atoms with Crippen molar-refractivity contribution in [3.05, 3.63) is 74.5 Å². The van der Waals surface area contributed by atoms with Crippen molar-refractivity contribution in [2.45, 2.75) is 44.5 Å². The standard InChI is InChI=1S/C21H21F3N2O4S/c1-14(18(27)30-19(2,3)4)12-20(21(22,23)24,17-6-5-11-31-17)25-13-15-7-9-16(10-8-15)26(28)29/h5-11,13H,1,12H2,2-4H3/t20-/m0/s1. The van der Waals surface area contributed by atoms with Crippen LogP contribution in [-0.4, -0.2) is 28.9 Å². The third-order valence-corrected chi connectivity index (χ3v) is 5.11. The van der Waals surface area contributed by atoms with E-state index < -0.39 is 34.6 Å². The number of esters is 1. The largest absolute Gasteiger partial charge is 0.457 e. The number of hydrogen-bond acceptors (Lipinski definition) is 6. The molecule has 1 atom stereocenters. The van der Waals surface area contributed by atoms with E-state index in [-0.39, 0.29) is 21.7 Å². The Morgan fingerprint density at radius 2 is 1.84 bits per heavy atom. The average molecular weight is 454 g/mol. The fourth-order valence-corrected chi connectivity index (χ4v) is 3.52. The maximum Gasteiger partial charge on any atom is 0.418 e. The molecule has 166 valence electrons. The lowest BCUT2D eigenvalue weighted by atomic mass is 9.89. The van der Waals surface area contributed by atoms with Gasteiger partial charge in [-0.25, -0.2) is 4.79 Å². The van der Waals surface area contributed by atoms with E-state index in [4.69, 9.17) is 4.74 Å². The monoisotopic (exact) mass is 454 g/mol. The summed E-state index contributed by atoms with van der Waals surface area (Å²) in [6, 6.07) is 7.66. The van der Waals surface area contributed by atoms with Crippen molar-refractivity contribution < 1.29 is 27.6 Å². The number of rotatable bonds is 7. The molecule has 31 heavy (non-hydrogen) atoms. The number of non-ortho nitro benzene ring substituents is 1. The number of hydrogen-bond donors (Lipinski definition) is 0. The summed E-state index contributed by atoms with van der Waals surface area (Å²) >= 11 is 0.849. The van der Waals surface area contributed by atoms with E-state index >= 15 is 0 Å². The summed E-state index contributed by atoms with van der Waals surface area (Å²) in [5.41, 5.74) is -4.00. The van der Waals surface area contributed by atoms with E-state index in [0.717, 1.165) is 17.6 Å². The van der Waals surface area contributed by atoms with Crippen LogP contribution in [0.5, 0.6) is 0 Å². The van der Waals surface area contributed by atoms with Crippen molar-refractivity contribution in [1.29, 1.82) is 0 Å². The fraction of sp³-hybridized carbons (Fsp3) is 0.333. The molecule has 2 aromatic rings. The van der Waals surface area contributed by atoms with Gasteiger partial charge in [0.2, 0.25) is 0 Å². The fourth-order valence-electron chi connectivity index (χ4n) is 2.62. The zero-order valence-corrected chi connectivity index (χ0v) is 17.9. The van der Waals surface area contributed by atoms with Crippen LogP contribution in [0.2, 0.25) is 0 Å². The second-order valence-corrected chi connectivity index (χ2v) is 8.67. The van der Waals surface area contributed by atoms with Gasteiger partial charge in [-0.2, -0.15) is 13.2 Å². The Hall–Kier alpha value is -3.01. The molecule has 6 nitrogen and oxygen atoms in total. The number of benzene rings is 1. The second-order valence-electron chi connectivity index (χ2n) is 7.72. The molecule has 0 saturated carbocycles. The number of ether oxygens (including phenoxy) is 1. The van der Waals surface area contributed by atoms with Crippen molar-refractivity contribution >= 4 is 29.2 Å². The highest BCUT2D eigenvalue weighted by Crippen LogP contribution is 2.48. The Labute approximate surface area is 181 Å². The normalized spacial score (nSPS) is 14.3. The van der Waals surface area contributed by atoms with Crippen molar-refractivity contribution in [2.75, 3.05) is 0 Å². The maximum absolute atomic E-state index is 14.4. The summed E-state index contributed by atoms with van der Waals surface area (Å²) in [6.45, 7) is 8.31. The molecule has 0 bridgehead atoms. The Balaban J connectivity index is 2.48. The zero-order valence-electron chi connectivity index (χ0n) is 17.1. The Morgan fingerprint density at radius 3 is 2.29 bits per heavy atom. The van der Waals surface area contributed by atoms with Crippen molar-refractivity contribution in [2.24, 2.45) is 4.99 Å². The first-order valence-electron chi connectivity index (χ1n) is 9.07. The number of nitro groups is 1. The second kappa shape index (κ2) is 9.01. The van der Waals surface area contributed by atoms with Gasteiger partial charge in [0.25, 0.3) is 5.69 Å². The molecule has 10 heteroatoms. The Kier molecular flexibility index (Phi) is 7.05. The predicted molar refractivity (Wildman–Crippen MR) is 112 cm³/mol. The first kappa shape index (κ1) is 24.3. The van der Waals surface area contributed by atoms with Crippen molar-refractivity contribution in [3.63, 3.8) is 0 Å². The molecule has 2 rings (SSSR count). The van der Waals surface area contributed by atoms with Gasteiger partial charge in [0.1, 0.15) is 5.60 Å².